The molecule has 0 amide bonds. The van der Waals surface area contributed by atoms with E-state index in [2.05, 4.69) is 10.1 Å². The van der Waals surface area contributed by atoms with Crippen LogP contribution < -0.4 is 5.56 Å². The van der Waals surface area contributed by atoms with Gasteiger partial charge in [-0.2, -0.15) is 5.10 Å². The van der Waals surface area contributed by atoms with E-state index in [1.54, 1.807) is 16.8 Å². The van der Waals surface area contributed by atoms with Crippen molar-refractivity contribution in [3.8, 4) is 0 Å². The Morgan fingerprint density at radius 3 is 2.59 bits per heavy atom. The van der Waals surface area contributed by atoms with Crippen LogP contribution in [0.25, 0.3) is 11.0 Å². The van der Waals surface area contributed by atoms with E-state index < -0.39 is 11.6 Å². The number of aromatic nitrogens is 4. The number of hydrogen-bond donors (Lipinski definition) is 0. The zero-order chi connectivity index (χ0) is 19.0. The zero-order valence-corrected chi connectivity index (χ0v) is 14.7. The maximum Gasteiger partial charge on any atom is 0.264 e. The first kappa shape index (κ1) is 17.4. The number of rotatable bonds is 4. The third kappa shape index (κ3) is 3.46. The van der Waals surface area contributed by atoms with E-state index in [4.69, 9.17) is 11.6 Å². The fourth-order valence-corrected chi connectivity index (χ4v) is 2.96. The zero-order valence-electron chi connectivity index (χ0n) is 13.9. The summed E-state index contributed by atoms with van der Waals surface area (Å²) in [5.74, 6) is -1.15. The van der Waals surface area contributed by atoms with Crippen molar-refractivity contribution < 1.29 is 8.78 Å². The number of nitrogens with zero attached hydrogens (tertiary/aromatic N) is 4. The standard InChI is InChI=1S/C19H13ClF2N4O/c20-14-3-1-12(2-4-14)9-26-18-16(8-24-26)19(27)25(11-23-18)10-13-7-15(21)5-6-17(13)22/h1-8,11H,9-10H2. The van der Waals surface area contributed by atoms with E-state index in [0.29, 0.717) is 22.6 Å². The molecule has 2 aromatic heterocycles. The highest BCUT2D eigenvalue weighted by Crippen LogP contribution is 2.14. The van der Waals surface area contributed by atoms with Crippen LogP contribution in [0.15, 0.2) is 59.8 Å². The molecule has 0 aliphatic carbocycles. The smallest absolute Gasteiger partial charge is 0.264 e. The summed E-state index contributed by atoms with van der Waals surface area (Å²) in [4.78, 5) is 17.0. The Labute approximate surface area is 157 Å². The van der Waals surface area contributed by atoms with E-state index in [-0.39, 0.29) is 17.7 Å². The van der Waals surface area contributed by atoms with Gasteiger partial charge < -0.3 is 0 Å². The SMILES string of the molecule is O=c1c2cnn(Cc3ccc(Cl)cc3)c2ncn1Cc1cc(F)ccc1F. The molecule has 0 fully saturated rings. The Kier molecular flexibility index (Phi) is 4.45. The number of hydrogen-bond acceptors (Lipinski definition) is 3. The topological polar surface area (TPSA) is 52.7 Å². The van der Waals surface area contributed by atoms with Crippen LogP contribution in [-0.4, -0.2) is 19.3 Å². The molecule has 27 heavy (non-hydrogen) atoms. The molecule has 0 saturated carbocycles. The minimum Gasteiger partial charge on any atom is -0.294 e. The van der Waals surface area contributed by atoms with Crippen molar-refractivity contribution in [2.75, 3.05) is 0 Å². The number of halogens is 3. The first-order valence-electron chi connectivity index (χ1n) is 8.10. The van der Waals surface area contributed by atoms with Crippen LogP contribution in [0.2, 0.25) is 5.02 Å². The van der Waals surface area contributed by atoms with Crippen molar-refractivity contribution in [2.45, 2.75) is 13.1 Å². The second-order valence-corrected chi connectivity index (χ2v) is 6.52. The summed E-state index contributed by atoms with van der Waals surface area (Å²) in [5, 5.41) is 5.17. The molecular formula is C19H13ClF2N4O. The quantitative estimate of drug-likeness (QED) is 0.538. The summed E-state index contributed by atoms with van der Waals surface area (Å²) >= 11 is 5.89. The summed E-state index contributed by atoms with van der Waals surface area (Å²) < 4.78 is 30.0. The maximum absolute atomic E-state index is 13.8. The van der Waals surface area contributed by atoms with E-state index in [1.807, 2.05) is 12.1 Å². The highest BCUT2D eigenvalue weighted by Gasteiger charge is 2.12. The summed E-state index contributed by atoms with van der Waals surface area (Å²) in [6.45, 7) is 0.309. The molecule has 0 unspecified atom stereocenters. The molecule has 8 heteroatoms. The molecule has 0 aliphatic rings. The molecular weight excluding hydrogens is 374 g/mol. The molecule has 5 nitrogen and oxygen atoms in total. The van der Waals surface area contributed by atoms with Crippen LogP contribution in [0.4, 0.5) is 8.78 Å². The normalized spacial score (nSPS) is 11.2. The second kappa shape index (κ2) is 6.92. The van der Waals surface area contributed by atoms with Crippen molar-refractivity contribution in [3.63, 3.8) is 0 Å². The molecule has 0 aliphatic heterocycles. The first-order chi connectivity index (χ1) is 13.0. The summed E-state index contributed by atoms with van der Waals surface area (Å²) in [5.41, 5.74) is 1.08. The van der Waals surface area contributed by atoms with E-state index in [0.717, 1.165) is 23.8 Å². The lowest BCUT2D eigenvalue weighted by atomic mass is 10.2. The lowest BCUT2D eigenvalue weighted by Gasteiger charge is -2.08. The van der Waals surface area contributed by atoms with Crippen molar-refractivity contribution >= 4 is 22.6 Å². The monoisotopic (exact) mass is 386 g/mol. The van der Waals surface area contributed by atoms with Gasteiger partial charge in [-0.1, -0.05) is 23.7 Å². The van der Waals surface area contributed by atoms with Gasteiger partial charge in [0, 0.05) is 10.6 Å². The summed E-state index contributed by atoms with van der Waals surface area (Å²) in [7, 11) is 0. The lowest BCUT2D eigenvalue weighted by Crippen LogP contribution is -2.21. The third-order valence-electron chi connectivity index (χ3n) is 4.22. The molecule has 4 aromatic rings. The van der Waals surface area contributed by atoms with Gasteiger partial charge in [0.25, 0.3) is 5.56 Å². The average Bonchev–Trinajstić information content (AvgIpc) is 3.06. The Morgan fingerprint density at radius 1 is 1.04 bits per heavy atom. The molecule has 0 radical (unpaired) electrons. The van der Waals surface area contributed by atoms with Crippen molar-refractivity contribution in [3.05, 3.63) is 93.1 Å². The molecule has 0 atom stereocenters. The number of benzene rings is 2. The molecule has 2 aromatic carbocycles. The number of fused-ring (bicyclic) bond motifs is 1. The molecule has 4 rings (SSSR count). The largest absolute Gasteiger partial charge is 0.294 e. The second-order valence-electron chi connectivity index (χ2n) is 6.08. The molecule has 0 N–H and O–H groups in total. The van der Waals surface area contributed by atoms with Gasteiger partial charge >= 0.3 is 0 Å². The third-order valence-corrected chi connectivity index (χ3v) is 4.47. The van der Waals surface area contributed by atoms with Crippen LogP contribution >= 0.6 is 11.6 Å². The average molecular weight is 387 g/mol. The van der Waals surface area contributed by atoms with Gasteiger partial charge in [-0.25, -0.2) is 18.4 Å². The van der Waals surface area contributed by atoms with Gasteiger partial charge in [-0.05, 0) is 35.9 Å². The van der Waals surface area contributed by atoms with Crippen LogP contribution in [0.3, 0.4) is 0 Å². The molecule has 136 valence electrons. The summed E-state index contributed by atoms with van der Waals surface area (Å²) in [6, 6.07) is 10.4. The van der Waals surface area contributed by atoms with Crippen LogP contribution in [0.5, 0.6) is 0 Å². The van der Waals surface area contributed by atoms with Gasteiger partial charge in [0.2, 0.25) is 0 Å². The first-order valence-corrected chi connectivity index (χ1v) is 8.48. The predicted octanol–water partition coefficient (Wildman–Crippen LogP) is 3.62. The van der Waals surface area contributed by atoms with Gasteiger partial charge in [-0.15, -0.1) is 0 Å². The van der Waals surface area contributed by atoms with Crippen molar-refractivity contribution in [1.82, 2.24) is 19.3 Å². The highest BCUT2D eigenvalue weighted by molar-refractivity contribution is 6.30. The molecule has 0 saturated heterocycles. The molecule has 2 heterocycles. The van der Waals surface area contributed by atoms with Gasteiger partial charge in [-0.3, -0.25) is 9.36 Å². The Balaban J connectivity index is 1.68. The Hall–Kier alpha value is -3.06. The fourth-order valence-electron chi connectivity index (χ4n) is 2.84. The van der Waals surface area contributed by atoms with Crippen LogP contribution in [0, 0.1) is 11.6 Å². The predicted molar refractivity (Wildman–Crippen MR) is 97.8 cm³/mol. The van der Waals surface area contributed by atoms with Crippen molar-refractivity contribution in [1.29, 1.82) is 0 Å². The Morgan fingerprint density at radius 2 is 1.81 bits per heavy atom. The van der Waals surface area contributed by atoms with E-state index in [9.17, 15) is 13.6 Å². The highest BCUT2D eigenvalue weighted by atomic mass is 35.5. The summed E-state index contributed by atoms with van der Waals surface area (Å²) in [6.07, 6.45) is 2.74. The van der Waals surface area contributed by atoms with Crippen LogP contribution in [-0.2, 0) is 13.1 Å². The van der Waals surface area contributed by atoms with Crippen molar-refractivity contribution in [2.24, 2.45) is 0 Å². The van der Waals surface area contributed by atoms with E-state index >= 15 is 0 Å². The lowest BCUT2D eigenvalue weighted by molar-refractivity contribution is 0.573. The van der Waals surface area contributed by atoms with E-state index in [1.165, 1.54) is 17.1 Å². The molecule has 0 bridgehead atoms. The fraction of sp³-hybridized carbons (Fsp3) is 0.105. The minimum atomic E-state index is -0.582. The maximum atomic E-state index is 13.8. The minimum absolute atomic E-state index is 0.0757. The van der Waals surface area contributed by atoms with Gasteiger partial charge in [0.05, 0.1) is 19.3 Å². The molecule has 0 spiro atoms. The van der Waals surface area contributed by atoms with Gasteiger partial charge in [0.1, 0.15) is 23.3 Å². The van der Waals surface area contributed by atoms with Crippen LogP contribution in [0.1, 0.15) is 11.1 Å². The van der Waals surface area contributed by atoms with Gasteiger partial charge in [0.15, 0.2) is 5.65 Å². The Bertz CT molecular complexity index is 1180.